The molecule has 0 atom stereocenters. The summed E-state index contributed by atoms with van der Waals surface area (Å²) in [5.41, 5.74) is 18.2. The highest BCUT2D eigenvalue weighted by Gasteiger charge is 2.10. The summed E-state index contributed by atoms with van der Waals surface area (Å²) in [6.45, 7) is 2.08. The Morgan fingerprint density at radius 2 is 1.29 bits per heavy atom. The van der Waals surface area contributed by atoms with E-state index in [2.05, 4.69) is 36.5 Å². The van der Waals surface area contributed by atoms with Gasteiger partial charge in [-0.3, -0.25) is 0 Å². The lowest BCUT2D eigenvalue weighted by Crippen LogP contribution is -1.97. The van der Waals surface area contributed by atoms with Crippen LogP contribution < -0.4 is 16.8 Å². The fraction of sp³-hybridized carbons (Fsp3) is 0.0500. The summed E-state index contributed by atoms with van der Waals surface area (Å²) in [4.78, 5) is 4.72. The Hall–Kier alpha value is -3.27. The molecule has 4 aromatic rings. The van der Waals surface area contributed by atoms with E-state index in [0.29, 0.717) is 11.4 Å². The SMILES string of the molecule is Cc1ccc(Nc2c3ccc(N)cc3nc3cc(N)ccc23)cc1. The van der Waals surface area contributed by atoms with E-state index >= 15 is 0 Å². The molecule has 0 saturated carbocycles. The first-order chi connectivity index (χ1) is 11.6. The van der Waals surface area contributed by atoms with Gasteiger partial charge in [0.05, 0.1) is 16.7 Å². The number of nitrogen functional groups attached to an aromatic ring is 2. The summed E-state index contributed by atoms with van der Waals surface area (Å²) >= 11 is 0. The van der Waals surface area contributed by atoms with Crippen molar-refractivity contribution in [1.82, 2.24) is 4.98 Å². The number of nitrogens with two attached hydrogens (primary N) is 2. The van der Waals surface area contributed by atoms with Crippen LogP contribution in [-0.4, -0.2) is 4.98 Å². The summed E-state index contributed by atoms with van der Waals surface area (Å²) in [7, 11) is 0. The number of benzene rings is 3. The van der Waals surface area contributed by atoms with Gasteiger partial charge in [-0.2, -0.15) is 0 Å². The summed E-state index contributed by atoms with van der Waals surface area (Å²) in [5.74, 6) is 0. The summed E-state index contributed by atoms with van der Waals surface area (Å²) in [6, 6.07) is 19.9. The molecule has 4 heteroatoms. The zero-order valence-corrected chi connectivity index (χ0v) is 13.4. The summed E-state index contributed by atoms with van der Waals surface area (Å²) < 4.78 is 0. The van der Waals surface area contributed by atoms with Gasteiger partial charge in [-0.15, -0.1) is 0 Å². The van der Waals surface area contributed by atoms with E-state index in [1.807, 2.05) is 36.4 Å². The lowest BCUT2D eigenvalue weighted by molar-refractivity contribution is 1.45. The van der Waals surface area contributed by atoms with Crippen molar-refractivity contribution in [2.75, 3.05) is 16.8 Å². The second-order valence-corrected chi connectivity index (χ2v) is 6.03. The van der Waals surface area contributed by atoms with Gasteiger partial charge < -0.3 is 16.8 Å². The van der Waals surface area contributed by atoms with Crippen molar-refractivity contribution < 1.29 is 0 Å². The van der Waals surface area contributed by atoms with Crippen LogP contribution in [0.5, 0.6) is 0 Å². The molecule has 5 N–H and O–H groups in total. The highest BCUT2D eigenvalue weighted by Crippen LogP contribution is 2.34. The van der Waals surface area contributed by atoms with Crippen molar-refractivity contribution in [3.8, 4) is 0 Å². The van der Waals surface area contributed by atoms with Crippen molar-refractivity contribution in [3.05, 3.63) is 66.2 Å². The second kappa shape index (κ2) is 5.42. The molecule has 4 rings (SSSR count). The van der Waals surface area contributed by atoms with Gasteiger partial charge in [-0.25, -0.2) is 4.98 Å². The molecule has 1 heterocycles. The zero-order chi connectivity index (χ0) is 16.7. The standard InChI is InChI=1S/C20H18N4/c1-12-2-6-15(7-3-12)23-20-16-8-4-13(21)10-18(16)24-19-11-14(22)5-9-17(19)20/h2-11H,21-22H2,1H3,(H,23,24). The number of hydrogen-bond donors (Lipinski definition) is 3. The largest absolute Gasteiger partial charge is 0.399 e. The molecule has 0 aliphatic carbocycles. The monoisotopic (exact) mass is 314 g/mol. The third-order valence-electron chi connectivity index (χ3n) is 4.14. The predicted molar refractivity (Wildman–Crippen MR) is 103 cm³/mol. The van der Waals surface area contributed by atoms with E-state index in [-0.39, 0.29) is 0 Å². The Kier molecular flexibility index (Phi) is 3.24. The molecule has 1 aromatic heterocycles. The lowest BCUT2D eigenvalue weighted by Gasteiger charge is -2.14. The van der Waals surface area contributed by atoms with Gasteiger partial charge in [-0.05, 0) is 55.5 Å². The van der Waals surface area contributed by atoms with Crippen molar-refractivity contribution in [2.45, 2.75) is 6.92 Å². The zero-order valence-electron chi connectivity index (χ0n) is 13.4. The van der Waals surface area contributed by atoms with Gasteiger partial charge in [0.25, 0.3) is 0 Å². The highest BCUT2D eigenvalue weighted by atomic mass is 14.9. The molecule has 24 heavy (non-hydrogen) atoms. The quantitative estimate of drug-likeness (QED) is 0.373. The van der Waals surface area contributed by atoms with Crippen LogP contribution in [0.2, 0.25) is 0 Å². The van der Waals surface area contributed by atoms with Gasteiger partial charge >= 0.3 is 0 Å². The Morgan fingerprint density at radius 3 is 1.83 bits per heavy atom. The van der Waals surface area contributed by atoms with Crippen LogP contribution >= 0.6 is 0 Å². The average molecular weight is 314 g/mol. The van der Waals surface area contributed by atoms with Gasteiger partial charge in [0.15, 0.2) is 0 Å². The molecular weight excluding hydrogens is 296 g/mol. The Bertz CT molecular complexity index is 993. The van der Waals surface area contributed by atoms with Crippen LogP contribution in [0.15, 0.2) is 60.7 Å². The molecule has 3 aromatic carbocycles. The maximum Gasteiger partial charge on any atom is 0.0751 e. The molecule has 0 unspecified atom stereocenters. The van der Waals surface area contributed by atoms with Gasteiger partial charge in [0.1, 0.15) is 0 Å². The smallest absolute Gasteiger partial charge is 0.0751 e. The molecule has 0 spiro atoms. The third-order valence-corrected chi connectivity index (χ3v) is 4.14. The van der Waals surface area contributed by atoms with Crippen LogP contribution in [0.3, 0.4) is 0 Å². The molecule has 0 aliphatic rings. The Labute approximate surface area is 140 Å². The molecule has 0 saturated heterocycles. The topological polar surface area (TPSA) is 77.0 Å². The fourth-order valence-electron chi connectivity index (χ4n) is 2.90. The molecule has 0 bridgehead atoms. The Morgan fingerprint density at radius 1 is 0.750 bits per heavy atom. The predicted octanol–water partition coefficient (Wildman–Crippen LogP) is 4.60. The molecular formula is C20H18N4. The number of nitrogens with one attached hydrogen (secondary N) is 1. The number of rotatable bonds is 2. The van der Waals surface area contributed by atoms with Crippen LogP contribution in [0.25, 0.3) is 21.8 Å². The lowest BCUT2D eigenvalue weighted by atomic mass is 10.1. The normalized spacial score (nSPS) is 11.0. The Balaban J connectivity index is 1.99. The van der Waals surface area contributed by atoms with E-state index in [1.165, 1.54) is 5.56 Å². The van der Waals surface area contributed by atoms with E-state index in [4.69, 9.17) is 16.5 Å². The molecule has 0 amide bonds. The van der Waals surface area contributed by atoms with Gasteiger partial charge in [0, 0.05) is 27.8 Å². The molecule has 0 aliphatic heterocycles. The maximum absolute atomic E-state index is 5.93. The maximum atomic E-state index is 5.93. The van der Waals surface area contributed by atoms with Crippen LogP contribution in [0, 0.1) is 6.92 Å². The number of nitrogens with zero attached hydrogens (tertiary/aromatic N) is 1. The first-order valence-corrected chi connectivity index (χ1v) is 7.82. The minimum absolute atomic E-state index is 0.694. The van der Waals surface area contributed by atoms with Crippen molar-refractivity contribution in [2.24, 2.45) is 0 Å². The number of anilines is 4. The molecule has 118 valence electrons. The van der Waals surface area contributed by atoms with E-state index in [9.17, 15) is 0 Å². The average Bonchev–Trinajstić information content (AvgIpc) is 2.56. The summed E-state index contributed by atoms with van der Waals surface area (Å²) in [5, 5.41) is 5.59. The van der Waals surface area contributed by atoms with Crippen molar-refractivity contribution >= 4 is 44.6 Å². The number of hydrogen-bond acceptors (Lipinski definition) is 4. The molecule has 4 nitrogen and oxygen atoms in total. The van der Waals surface area contributed by atoms with E-state index < -0.39 is 0 Å². The third kappa shape index (κ3) is 2.48. The first-order valence-electron chi connectivity index (χ1n) is 7.82. The number of pyridine rings is 1. The van der Waals surface area contributed by atoms with Crippen molar-refractivity contribution in [3.63, 3.8) is 0 Å². The van der Waals surface area contributed by atoms with Crippen LogP contribution in [0.4, 0.5) is 22.7 Å². The van der Waals surface area contributed by atoms with Gasteiger partial charge in [0.2, 0.25) is 0 Å². The highest BCUT2D eigenvalue weighted by molar-refractivity contribution is 6.09. The minimum Gasteiger partial charge on any atom is -0.399 e. The minimum atomic E-state index is 0.694. The number of aryl methyl sites for hydroxylation is 1. The van der Waals surface area contributed by atoms with Crippen LogP contribution in [0.1, 0.15) is 5.56 Å². The number of fused-ring (bicyclic) bond motifs is 2. The van der Waals surface area contributed by atoms with Gasteiger partial charge in [-0.1, -0.05) is 17.7 Å². The van der Waals surface area contributed by atoms with E-state index in [1.54, 1.807) is 0 Å². The van der Waals surface area contributed by atoms with Crippen molar-refractivity contribution in [1.29, 1.82) is 0 Å². The van der Waals surface area contributed by atoms with Crippen LogP contribution in [-0.2, 0) is 0 Å². The first kappa shape index (κ1) is 14.3. The molecule has 0 fully saturated rings. The summed E-state index contributed by atoms with van der Waals surface area (Å²) in [6.07, 6.45) is 0. The fourth-order valence-corrected chi connectivity index (χ4v) is 2.90. The molecule has 0 radical (unpaired) electrons. The second-order valence-electron chi connectivity index (χ2n) is 6.03. The van der Waals surface area contributed by atoms with E-state index in [0.717, 1.165) is 33.2 Å². The number of aromatic nitrogens is 1.